The predicted molar refractivity (Wildman–Crippen MR) is 61.0 cm³/mol. The van der Waals surface area contributed by atoms with Gasteiger partial charge in [-0.1, -0.05) is 24.3 Å². The number of esters is 1. The molecule has 0 bridgehead atoms. The predicted octanol–water partition coefficient (Wildman–Crippen LogP) is 1.02. The summed E-state index contributed by atoms with van der Waals surface area (Å²) in [4.78, 5) is 11.3. The highest BCUT2D eigenvalue weighted by Crippen LogP contribution is 2.23. The van der Waals surface area contributed by atoms with Gasteiger partial charge in [0.25, 0.3) is 0 Å². The Morgan fingerprint density at radius 1 is 1.47 bits per heavy atom. The van der Waals surface area contributed by atoms with E-state index >= 15 is 0 Å². The Morgan fingerprint density at radius 2 is 2.18 bits per heavy atom. The van der Waals surface area contributed by atoms with E-state index in [2.05, 4.69) is 10.1 Å². The van der Waals surface area contributed by atoms with Crippen LogP contribution in [0.4, 0.5) is 0 Å². The summed E-state index contributed by atoms with van der Waals surface area (Å²) in [6.45, 7) is -0.276. The second-order valence-corrected chi connectivity index (χ2v) is 3.37. The molecule has 1 aromatic rings. The van der Waals surface area contributed by atoms with Gasteiger partial charge in [0.1, 0.15) is 11.9 Å². The van der Waals surface area contributed by atoms with Crippen molar-refractivity contribution in [3.05, 3.63) is 41.5 Å². The van der Waals surface area contributed by atoms with Crippen LogP contribution in [0.2, 0.25) is 0 Å². The molecule has 0 fully saturated rings. The number of fused-ring (bicyclic) bond motifs is 1. The van der Waals surface area contributed by atoms with Crippen molar-refractivity contribution in [1.29, 1.82) is 10.7 Å². The van der Waals surface area contributed by atoms with E-state index < -0.39 is 5.97 Å². The van der Waals surface area contributed by atoms with Gasteiger partial charge in [-0.15, -0.1) is 0 Å². The minimum Gasteiger partial charge on any atom is -0.447 e. The Balaban J connectivity index is 2.26. The van der Waals surface area contributed by atoms with Crippen LogP contribution in [0.3, 0.4) is 0 Å². The zero-order valence-electron chi connectivity index (χ0n) is 8.86. The van der Waals surface area contributed by atoms with Crippen LogP contribution in [0.15, 0.2) is 30.3 Å². The molecule has 0 unspecified atom stereocenters. The van der Waals surface area contributed by atoms with Crippen LogP contribution in [0.5, 0.6) is 0 Å². The zero-order valence-corrected chi connectivity index (χ0v) is 8.86. The highest BCUT2D eigenvalue weighted by molar-refractivity contribution is 6.12. The first kappa shape index (κ1) is 10.9. The van der Waals surface area contributed by atoms with Gasteiger partial charge in [-0.2, -0.15) is 5.26 Å². The van der Waals surface area contributed by atoms with Crippen LogP contribution in [0.25, 0.3) is 5.70 Å². The van der Waals surface area contributed by atoms with Gasteiger partial charge in [0.2, 0.25) is 0 Å². The lowest BCUT2D eigenvalue weighted by Gasteiger charge is -1.99. The first-order chi connectivity index (χ1) is 8.22. The van der Waals surface area contributed by atoms with E-state index in [9.17, 15) is 4.79 Å². The third-order valence-electron chi connectivity index (χ3n) is 2.29. The van der Waals surface area contributed by atoms with Crippen LogP contribution in [0, 0.1) is 16.7 Å². The van der Waals surface area contributed by atoms with Crippen LogP contribution in [-0.2, 0) is 9.53 Å². The van der Waals surface area contributed by atoms with E-state index in [1.807, 2.05) is 18.2 Å². The topological polar surface area (TPSA) is 86.0 Å². The molecule has 1 aliphatic heterocycles. The summed E-state index contributed by atoms with van der Waals surface area (Å²) in [5, 5.41) is 18.8. The van der Waals surface area contributed by atoms with Crippen molar-refractivity contribution < 1.29 is 9.53 Å². The molecule has 1 aromatic carbocycles. The van der Waals surface area contributed by atoms with Crippen molar-refractivity contribution >= 4 is 17.5 Å². The number of benzene rings is 1. The smallest absolute Gasteiger partial charge is 0.333 e. The molecule has 0 aliphatic carbocycles. The molecule has 0 aromatic heterocycles. The highest BCUT2D eigenvalue weighted by atomic mass is 16.5. The molecule has 1 aliphatic rings. The number of nitriles is 1. The van der Waals surface area contributed by atoms with Gasteiger partial charge < -0.3 is 10.1 Å². The number of hydrogen-bond donors (Lipinski definition) is 2. The standard InChI is InChI=1S/C12H9N3O2/c13-5-6-17-11(16)7-10-8-3-1-2-4-9(8)12(14)15-10/h1-4,7H,6H2,(H2,14,15). The summed E-state index contributed by atoms with van der Waals surface area (Å²) in [6.07, 6.45) is 1.25. The highest BCUT2D eigenvalue weighted by Gasteiger charge is 2.20. The van der Waals surface area contributed by atoms with Gasteiger partial charge in [0.15, 0.2) is 6.61 Å². The monoisotopic (exact) mass is 227 g/mol. The Morgan fingerprint density at radius 3 is 2.88 bits per heavy atom. The molecular formula is C12H9N3O2. The number of nitrogens with zero attached hydrogens (tertiary/aromatic N) is 1. The number of amidine groups is 1. The minimum atomic E-state index is -0.599. The third-order valence-corrected chi connectivity index (χ3v) is 2.29. The van der Waals surface area contributed by atoms with Gasteiger partial charge >= 0.3 is 5.97 Å². The van der Waals surface area contributed by atoms with Crippen molar-refractivity contribution in [1.82, 2.24) is 5.32 Å². The molecule has 2 rings (SSSR count). The fourth-order valence-corrected chi connectivity index (χ4v) is 1.58. The summed E-state index contributed by atoms with van der Waals surface area (Å²) in [7, 11) is 0. The summed E-state index contributed by atoms with van der Waals surface area (Å²) < 4.78 is 4.62. The van der Waals surface area contributed by atoms with Crippen LogP contribution < -0.4 is 5.32 Å². The number of hydrogen-bond acceptors (Lipinski definition) is 4. The van der Waals surface area contributed by atoms with Crippen molar-refractivity contribution in [2.45, 2.75) is 0 Å². The van der Waals surface area contributed by atoms with Crippen molar-refractivity contribution in [3.63, 3.8) is 0 Å². The Hall–Kier alpha value is -2.61. The molecule has 0 saturated carbocycles. The lowest BCUT2D eigenvalue weighted by atomic mass is 10.1. The first-order valence-corrected chi connectivity index (χ1v) is 4.93. The van der Waals surface area contributed by atoms with Gasteiger partial charge in [-0.25, -0.2) is 4.79 Å². The number of ether oxygens (including phenoxy) is 1. The van der Waals surface area contributed by atoms with Crippen molar-refractivity contribution in [2.75, 3.05) is 6.61 Å². The second kappa shape index (κ2) is 4.49. The Kier molecular flexibility index (Phi) is 2.88. The van der Waals surface area contributed by atoms with Gasteiger partial charge in [-0.3, -0.25) is 5.41 Å². The number of carbonyl (C=O) groups excluding carboxylic acids is 1. The minimum absolute atomic E-state index is 0.250. The molecule has 5 heteroatoms. The fraction of sp³-hybridized carbons (Fsp3) is 0.0833. The maximum atomic E-state index is 11.3. The van der Waals surface area contributed by atoms with E-state index in [0.29, 0.717) is 5.70 Å². The summed E-state index contributed by atoms with van der Waals surface area (Å²) in [6, 6.07) is 8.98. The molecule has 17 heavy (non-hydrogen) atoms. The van der Waals surface area contributed by atoms with Gasteiger partial charge in [-0.05, 0) is 0 Å². The van der Waals surface area contributed by atoms with E-state index in [0.717, 1.165) is 11.1 Å². The van der Waals surface area contributed by atoms with E-state index in [4.69, 9.17) is 10.7 Å². The molecule has 5 nitrogen and oxygen atoms in total. The summed E-state index contributed by atoms with van der Waals surface area (Å²) >= 11 is 0. The summed E-state index contributed by atoms with van der Waals surface area (Å²) in [5.41, 5.74) is 2.05. The van der Waals surface area contributed by atoms with Crippen LogP contribution >= 0.6 is 0 Å². The number of nitrogens with one attached hydrogen (secondary N) is 2. The molecule has 0 amide bonds. The third kappa shape index (κ3) is 2.16. The molecule has 0 atom stereocenters. The van der Waals surface area contributed by atoms with E-state index in [-0.39, 0.29) is 12.4 Å². The molecule has 84 valence electrons. The Labute approximate surface area is 97.8 Å². The maximum absolute atomic E-state index is 11.3. The van der Waals surface area contributed by atoms with Crippen molar-refractivity contribution in [2.24, 2.45) is 0 Å². The quantitative estimate of drug-likeness (QED) is 0.583. The van der Waals surface area contributed by atoms with Gasteiger partial charge in [0, 0.05) is 17.2 Å². The fourth-order valence-electron chi connectivity index (χ4n) is 1.58. The zero-order chi connectivity index (χ0) is 12.3. The average Bonchev–Trinajstić information content (AvgIpc) is 2.65. The van der Waals surface area contributed by atoms with Crippen LogP contribution in [0.1, 0.15) is 11.1 Å². The molecule has 0 spiro atoms. The molecule has 0 radical (unpaired) electrons. The van der Waals surface area contributed by atoms with Gasteiger partial charge in [0.05, 0.1) is 5.70 Å². The first-order valence-electron chi connectivity index (χ1n) is 4.93. The average molecular weight is 227 g/mol. The molecule has 2 N–H and O–H groups in total. The SMILES string of the molecule is N#CCOC(=O)C=C1NC(=N)c2ccccc21. The molecule has 1 heterocycles. The summed E-state index contributed by atoms with van der Waals surface area (Å²) in [5.74, 6) is -0.349. The molecule has 0 saturated heterocycles. The lowest BCUT2D eigenvalue weighted by molar-refractivity contribution is -0.136. The maximum Gasteiger partial charge on any atom is 0.333 e. The Bertz CT molecular complexity index is 555. The lowest BCUT2D eigenvalue weighted by Crippen LogP contribution is -2.13. The largest absolute Gasteiger partial charge is 0.447 e. The molecular weight excluding hydrogens is 218 g/mol. The number of carbonyl (C=O) groups is 1. The second-order valence-electron chi connectivity index (χ2n) is 3.37. The van der Waals surface area contributed by atoms with Crippen molar-refractivity contribution in [3.8, 4) is 6.07 Å². The van der Waals surface area contributed by atoms with E-state index in [1.165, 1.54) is 6.08 Å². The van der Waals surface area contributed by atoms with Crippen LogP contribution in [-0.4, -0.2) is 18.4 Å². The normalized spacial score (nSPS) is 15.0. The number of rotatable bonds is 2. The van der Waals surface area contributed by atoms with E-state index in [1.54, 1.807) is 12.1 Å².